The van der Waals surface area contributed by atoms with Gasteiger partial charge in [0, 0.05) is 22.0 Å². The Morgan fingerprint density at radius 2 is 1.95 bits per heavy atom. The highest BCUT2D eigenvalue weighted by Gasteiger charge is 2.04. The zero-order valence-electron chi connectivity index (χ0n) is 11.9. The molecule has 0 aliphatic rings. The molecule has 0 bridgehead atoms. The third-order valence-electron chi connectivity index (χ3n) is 2.63. The quantitative estimate of drug-likeness (QED) is 0.589. The maximum absolute atomic E-state index is 11.7. The van der Waals surface area contributed by atoms with Crippen molar-refractivity contribution < 1.29 is 0 Å². The number of aromatic nitrogens is 2. The van der Waals surface area contributed by atoms with Gasteiger partial charge in [0.15, 0.2) is 5.16 Å². The third kappa shape index (κ3) is 5.88. The number of hydrogen-bond acceptors (Lipinski definition) is 4. The van der Waals surface area contributed by atoms with Crippen LogP contribution in [0.4, 0.5) is 0 Å². The van der Waals surface area contributed by atoms with Crippen molar-refractivity contribution >= 4 is 39.5 Å². The first kappa shape index (κ1) is 16.6. The van der Waals surface area contributed by atoms with Crippen LogP contribution in [0.3, 0.4) is 0 Å². The average molecular weight is 385 g/mol. The molecule has 3 nitrogen and oxygen atoms in total. The minimum atomic E-state index is -0.0809. The summed E-state index contributed by atoms with van der Waals surface area (Å²) in [5.41, 5.74) is 1.96. The maximum atomic E-state index is 11.7. The zero-order chi connectivity index (χ0) is 15.2. The number of halogens is 1. The van der Waals surface area contributed by atoms with Crippen LogP contribution in [0.25, 0.3) is 0 Å². The van der Waals surface area contributed by atoms with Crippen molar-refractivity contribution in [2.45, 2.75) is 35.8 Å². The van der Waals surface area contributed by atoms with Crippen LogP contribution in [0.2, 0.25) is 0 Å². The van der Waals surface area contributed by atoms with Crippen LogP contribution in [-0.4, -0.2) is 15.2 Å². The van der Waals surface area contributed by atoms with Crippen LogP contribution >= 0.6 is 39.5 Å². The van der Waals surface area contributed by atoms with Gasteiger partial charge in [0.1, 0.15) is 0 Å². The van der Waals surface area contributed by atoms with Crippen molar-refractivity contribution in [1.29, 1.82) is 0 Å². The molecule has 112 valence electrons. The molecule has 0 saturated carbocycles. The number of benzene rings is 1. The number of hydrogen-bond donors (Lipinski definition) is 1. The molecule has 2 rings (SSSR count). The van der Waals surface area contributed by atoms with E-state index in [1.165, 1.54) is 5.56 Å². The predicted molar refractivity (Wildman–Crippen MR) is 95.0 cm³/mol. The molecular weight excluding hydrogens is 368 g/mol. The lowest BCUT2D eigenvalue weighted by molar-refractivity contribution is 0.898. The molecule has 0 saturated heterocycles. The fourth-order valence-corrected chi connectivity index (χ4v) is 3.38. The number of aromatic amines is 1. The second-order valence-electron chi connectivity index (χ2n) is 4.82. The van der Waals surface area contributed by atoms with Crippen LogP contribution in [0.15, 0.2) is 44.8 Å². The molecule has 0 amide bonds. The lowest BCUT2D eigenvalue weighted by Gasteiger charge is -2.06. The van der Waals surface area contributed by atoms with Crippen molar-refractivity contribution in [2.24, 2.45) is 0 Å². The van der Waals surface area contributed by atoms with E-state index in [9.17, 15) is 4.79 Å². The summed E-state index contributed by atoms with van der Waals surface area (Å²) in [4.78, 5) is 19.0. The van der Waals surface area contributed by atoms with E-state index in [0.29, 0.717) is 10.4 Å². The third-order valence-corrected chi connectivity index (χ3v) is 5.23. The summed E-state index contributed by atoms with van der Waals surface area (Å²) in [6, 6.07) is 9.74. The van der Waals surface area contributed by atoms with Crippen molar-refractivity contribution in [3.8, 4) is 0 Å². The fourth-order valence-electron chi connectivity index (χ4n) is 1.61. The summed E-state index contributed by atoms with van der Waals surface area (Å²) in [5, 5.41) is 1.22. The average Bonchev–Trinajstić information content (AvgIpc) is 2.44. The van der Waals surface area contributed by atoms with E-state index in [-0.39, 0.29) is 5.56 Å². The number of nitrogens with zero attached hydrogens (tertiary/aromatic N) is 1. The van der Waals surface area contributed by atoms with Crippen LogP contribution in [0, 0.1) is 0 Å². The van der Waals surface area contributed by atoms with Gasteiger partial charge in [-0.1, -0.05) is 53.7 Å². The van der Waals surface area contributed by atoms with Crippen LogP contribution in [-0.2, 0) is 11.5 Å². The summed E-state index contributed by atoms with van der Waals surface area (Å²) in [5.74, 6) is 1.56. The summed E-state index contributed by atoms with van der Waals surface area (Å²) in [7, 11) is 0. The molecule has 21 heavy (non-hydrogen) atoms. The fraction of sp³-hybridized carbons (Fsp3) is 0.333. The largest absolute Gasteiger partial charge is 0.301 e. The minimum Gasteiger partial charge on any atom is -0.301 e. The Bertz CT molecular complexity index is 641. The molecule has 2 aromatic rings. The van der Waals surface area contributed by atoms with Crippen LogP contribution in [0.5, 0.6) is 0 Å². The molecule has 0 aliphatic carbocycles. The Morgan fingerprint density at radius 1 is 1.24 bits per heavy atom. The number of nitrogens with one attached hydrogen (secondary N) is 1. The highest BCUT2D eigenvalue weighted by Crippen LogP contribution is 2.21. The zero-order valence-corrected chi connectivity index (χ0v) is 15.1. The lowest BCUT2D eigenvalue weighted by Crippen LogP contribution is -2.10. The first-order valence-electron chi connectivity index (χ1n) is 6.62. The van der Waals surface area contributed by atoms with E-state index < -0.39 is 0 Å². The maximum Gasteiger partial charge on any atom is 0.251 e. The molecule has 0 fully saturated rings. The highest BCUT2D eigenvalue weighted by molar-refractivity contribution is 9.10. The Kier molecular flexibility index (Phi) is 6.39. The van der Waals surface area contributed by atoms with Gasteiger partial charge in [-0.3, -0.25) is 4.79 Å². The van der Waals surface area contributed by atoms with E-state index in [0.717, 1.165) is 21.7 Å². The van der Waals surface area contributed by atoms with Gasteiger partial charge in [0.2, 0.25) is 0 Å². The smallest absolute Gasteiger partial charge is 0.251 e. The topological polar surface area (TPSA) is 45.8 Å². The molecule has 0 aliphatic heterocycles. The van der Waals surface area contributed by atoms with Gasteiger partial charge < -0.3 is 4.98 Å². The molecule has 1 aromatic carbocycles. The van der Waals surface area contributed by atoms with Crippen molar-refractivity contribution in [1.82, 2.24) is 9.97 Å². The van der Waals surface area contributed by atoms with Gasteiger partial charge >= 0.3 is 0 Å². The Labute approximate surface area is 141 Å². The standard InChI is InChI=1S/C15H17BrN2OS2/c1-10(2)20-9-13-7-14(19)18-15(17-13)21-8-11-3-5-12(16)6-4-11/h3-7,10H,8-9H2,1-2H3,(H,17,18,19). The molecule has 0 radical (unpaired) electrons. The van der Waals surface area contributed by atoms with Gasteiger partial charge in [-0.05, 0) is 22.9 Å². The van der Waals surface area contributed by atoms with Gasteiger partial charge in [-0.15, -0.1) is 0 Å². The van der Waals surface area contributed by atoms with E-state index in [2.05, 4.69) is 51.9 Å². The Morgan fingerprint density at radius 3 is 2.62 bits per heavy atom. The molecule has 1 aromatic heterocycles. The Hall–Kier alpha value is -0.720. The highest BCUT2D eigenvalue weighted by atomic mass is 79.9. The van der Waals surface area contributed by atoms with Crippen LogP contribution in [0.1, 0.15) is 25.1 Å². The summed E-state index contributed by atoms with van der Waals surface area (Å²) in [6.45, 7) is 4.28. The second-order valence-corrected chi connectivity index (χ2v) is 8.26. The number of rotatable bonds is 6. The molecule has 1 N–H and O–H groups in total. The molecule has 6 heteroatoms. The van der Waals surface area contributed by atoms with E-state index >= 15 is 0 Å². The van der Waals surface area contributed by atoms with Crippen molar-refractivity contribution in [3.05, 3.63) is 56.4 Å². The molecular formula is C15H17BrN2OS2. The second kappa shape index (κ2) is 8.06. The first-order chi connectivity index (χ1) is 10.0. The lowest BCUT2D eigenvalue weighted by atomic mass is 10.2. The number of H-pyrrole nitrogens is 1. The normalized spacial score (nSPS) is 11.0. The molecule has 0 atom stereocenters. The van der Waals surface area contributed by atoms with E-state index in [1.807, 2.05) is 12.1 Å². The minimum absolute atomic E-state index is 0.0809. The number of thioether (sulfide) groups is 2. The van der Waals surface area contributed by atoms with Gasteiger partial charge in [0.25, 0.3) is 5.56 Å². The molecule has 0 spiro atoms. The summed E-state index contributed by atoms with van der Waals surface area (Å²) >= 11 is 6.76. The van der Waals surface area contributed by atoms with Crippen molar-refractivity contribution in [2.75, 3.05) is 0 Å². The van der Waals surface area contributed by atoms with E-state index in [4.69, 9.17) is 0 Å². The molecule has 0 unspecified atom stereocenters. The summed E-state index contributed by atoms with van der Waals surface area (Å²) < 4.78 is 1.07. The Balaban J connectivity index is 2.02. The monoisotopic (exact) mass is 384 g/mol. The van der Waals surface area contributed by atoms with Crippen molar-refractivity contribution in [3.63, 3.8) is 0 Å². The SMILES string of the molecule is CC(C)SCc1cc(=O)[nH]c(SCc2ccc(Br)cc2)n1. The molecule has 1 heterocycles. The van der Waals surface area contributed by atoms with Gasteiger partial charge in [-0.2, -0.15) is 11.8 Å². The van der Waals surface area contributed by atoms with Crippen LogP contribution < -0.4 is 5.56 Å². The first-order valence-corrected chi connectivity index (χ1v) is 9.45. The van der Waals surface area contributed by atoms with E-state index in [1.54, 1.807) is 29.6 Å². The van der Waals surface area contributed by atoms with Gasteiger partial charge in [-0.25, -0.2) is 4.98 Å². The van der Waals surface area contributed by atoms with Gasteiger partial charge in [0.05, 0.1) is 5.69 Å². The summed E-state index contributed by atoms with van der Waals surface area (Å²) in [6.07, 6.45) is 0. The predicted octanol–water partition coefficient (Wildman–Crippen LogP) is 4.47.